The van der Waals surface area contributed by atoms with E-state index in [4.69, 9.17) is 9.57 Å². The molecule has 5 atom stereocenters. The Bertz CT molecular complexity index is 578. The van der Waals surface area contributed by atoms with Crippen LogP contribution >= 0.6 is 0 Å². The molecule has 3 aliphatic heterocycles. The molecule has 0 saturated carbocycles. The van der Waals surface area contributed by atoms with Gasteiger partial charge in [0.25, 0.3) is 0 Å². The quantitative estimate of drug-likeness (QED) is 0.695. The molecule has 0 spiro atoms. The molecule has 7 nitrogen and oxygen atoms in total. The van der Waals surface area contributed by atoms with Crippen LogP contribution in [0.1, 0.15) is 33.6 Å². The van der Waals surface area contributed by atoms with Crippen molar-refractivity contribution >= 4 is 16.0 Å². The van der Waals surface area contributed by atoms with Crippen LogP contribution in [0.25, 0.3) is 0 Å². The molecule has 0 aromatic rings. The Balaban J connectivity index is 1.96. The van der Waals surface area contributed by atoms with E-state index in [1.54, 1.807) is 13.8 Å². The third-order valence-corrected chi connectivity index (χ3v) is 7.40. The molecule has 2 bridgehead atoms. The zero-order chi connectivity index (χ0) is 16.3. The Kier molecular flexibility index (Phi) is 3.79. The number of esters is 1. The molecule has 126 valence electrons. The highest BCUT2D eigenvalue weighted by molar-refractivity contribution is 7.90. The lowest BCUT2D eigenvalue weighted by molar-refractivity contribution is -0.172. The maximum absolute atomic E-state index is 12.8. The summed E-state index contributed by atoms with van der Waals surface area (Å²) in [7, 11) is -1.84. The van der Waals surface area contributed by atoms with Crippen molar-refractivity contribution in [3.05, 3.63) is 0 Å². The lowest BCUT2D eigenvalue weighted by Crippen LogP contribution is -2.50. The van der Waals surface area contributed by atoms with Crippen molar-refractivity contribution in [3.8, 4) is 0 Å². The highest BCUT2D eigenvalue weighted by atomic mass is 32.2. The zero-order valence-electron chi connectivity index (χ0n) is 13.5. The maximum atomic E-state index is 12.8. The van der Waals surface area contributed by atoms with Gasteiger partial charge < -0.3 is 4.74 Å². The minimum atomic E-state index is -3.70. The zero-order valence-corrected chi connectivity index (χ0v) is 14.3. The van der Waals surface area contributed by atoms with Gasteiger partial charge in [-0.2, -0.15) is 9.37 Å². The Morgan fingerprint density at radius 3 is 2.73 bits per heavy atom. The van der Waals surface area contributed by atoms with Crippen molar-refractivity contribution in [3.63, 3.8) is 0 Å². The second-order valence-corrected chi connectivity index (χ2v) is 8.87. The van der Waals surface area contributed by atoms with Crippen LogP contribution in [0.5, 0.6) is 0 Å². The Morgan fingerprint density at radius 1 is 1.45 bits per heavy atom. The first kappa shape index (κ1) is 16.2. The Hall–Kier alpha value is -0.700. The molecule has 8 heteroatoms. The second kappa shape index (κ2) is 5.15. The minimum Gasteiger partial charge on any atom is -0.462 e. The van der Waals surface area contributed by atoms with Crippen LogP contribution in [0.4, 0.5) is 0 Å². The van der Waals surface area contributed by atoms with E-state index in [1.165, 1.54) is 4.31 Å². The monoisotopic (exact) mass is 332 g/mol. The first-order valence-electron chi connectivity index (χ1n) is 7.82. The lowest BCUT2D eigenvalue weighted by Gasteiger charge is -2.33. The molecule has 22 heavy (non-hydrogen) atoms. The maximum Gasteiger partial charge on any atom is 0.326 e. The van der Waals surface area contributed by atoms with Gasteiger partial charge in [0, 0.05) is 32.5 Å². The molecule has 3 aliphatic rings. The molecule has 0 radical (unpaired) electrons. The van der Waals surface area contributed by atoms with Crippen molar-refractivity contribution in [2.75, 3.05) is 20.1 Å². The number of carbonyl (C=O) groups is 1. The highest BCUT2D eigenvalue weighted by Crippen LogP contribution is 2.49. The molecule has 3 rings (SSSR count). The summed E-state index contributed by atoms with van der Waals surface area (Å²) in [5.74, 6) is -0.558. The minimum absolute atomic E-state index is 0.106. The molecule has 1 unspecified atom stereocenters. The van der Waals surface area contributed by atoms with Gasteiger partial charge in [-0.1, -0.05) is 6.92 Å². The summed E-state index contributed by atoms with van der Waals surface area (Å²) in [5.41, 5.74) is -0.273. The van der Waals surface area contributed by atoms with Gasteiger partial charge in [0.05, 0.1) is 17.7 Å². The average Bonchev–Trinajstić information content (AvgIpc) is 2.89. The molecular formula is C14H24N2O5S. The van der Waals surface area contributed by atoms with Crippen molar-refractivity contribution in [1.29, 1.82) is 0 Å². The molecule has 0 aliphatic carbocycles. The number of ether oxygens (including phenoxy) is 1. The second-order valence-electron chi connectivity index (χ2n) is 6.75. The van der Waals surface area contributed by atoms with E-state index in [-0.39, 0.29) is 30.1 Å². The number of likely N-dealkylation sites (N-methyl/N-ethyl adjacent to an activating group) is 1. The van der Waals surface area contributed by atoms with E-state index in [2.05, 4.69) is 6.92 Å². The van der Waals surface area contributed by atoms with E-state index < -0.39 is 21.2 Å². The highest BCUT2D eigenvalue weighted by Gasteiger charge is 2.64. The van der Waals surface area contributed by atoms with Crippen molar-refractivity contribution < 1.29 is 22.8 Å². The summed E-state index contributed by atoms with van der Waals surface area (Å²) >= 11 is 0. The van der Waals surface area contributed by atoms with Crippen molar-refractivity contribution in [2.45, 2.75) is 56.6 Å². The van der Waals surface area contributed by atoms with Gasteiger partial charge in [-0.15, -0.1) is 0 Å². The molecular weight excluding hydrogens is 308 g/mol. The van der Waals surface area contributed by atoms with Gasteiger partial charge in [0.15, 0.2) is 5.25 Å². The van der Waals surface area contributed by atoms with Crippen molar-refractivity contribution in [1.82, 2.24) is 9.37 Å². The fraction of sp³-hybridized carbons (Fsp3) is 0.929. The number of carbonyl (C=O) groups excluding carboxylic acids is 1. The normalized spacial score (nSPS) is 43.3. The lowest BCUT2D eigenvalue weighted by atomic mass is 9.81. The molecule has 3 fully saturated rings. The third-order valence-electron chi connectivity index (χ3n) is 5.30. The molecule has 3 saturated heterocycles. The third kappa shape index (κ3) is 2.11. The molecule has 0 amide bonds. The van der Waals surface area contributed by atoms with Crippen LogP contribution in [-0.4, -0.2) is 66.9 Å². The fourth-order valence-electron chi connectivity index (χ4n) is 4.09. The van der Waals surface area contributed by atoms with Gasteiger partial charge in [-0.25, -0.2) is 8.42 Å². The standard InChI is InChI=1S/C14H24N2O5S/c1-5-14-8-16-7-10(14)11(21-15(14)4)6-12(22(16,18)19)13(17)20-9(2)3/h9-12H,5-8H2,1-4H3/t10-,11-,12-,14+/m1/s1. The number of rotatable bonds is 3. The summed E-state index contributed by atoms with van der Waals surface area (Å²) in [4.78, 5) is 18.2. The number of fused-ring (bicyclic) bond motifs is 1. The van der Waals surface area contributed by atoms with Crippen LogP contribution in [0.15, 0.2) is 0 Å². The van der Waals surface area contributed by atoms with Crippen LogP contribution in [0, 0.1) is 5.92 Å². The summed E-state index contributed by atoms with van der Waals surface area (Å²) in [5, 5.41) is 0.653. The van der Waals surface area contributed by atoms with Crippen LogP contribution in [0.2, 0.25) is 0 Å². The number of hydrogen-bond donors (Lipinski definition) is 0. The van der Waals surface area contributed by atoms with E-state index >= 15 is 0 Å². The van der Waals surface area contributed by atoms with Gasteiger partial charge >= 0.3 is 5.97 Å². The van der Waals surface area contributed by atoms with Gasteiger partial charge in [0.1, 0.15) is 0 Å². The predicted octanol–water partition coefficient (Wildman–Crippen LogP) is 0.366. The fourth-order valence-corrected chi connectivity index (χ4v) is 5.95. The average molecular weight is 332 g/mol. The van der Waals surface area contributed by atoms with Crippen molar-refractivity contribution in [2.24, 2.45) is 5.92 Å². The Morgan fingerprint density at radius 2 is 2.14 bits per heavy atom. The number of hydroxylamine groups is 2. The molecule has 3 heterocycles. The van der Waals surface area contributed by atoms with E-state index in [9.17, 15) is 13.2 Å². The summed E-state index contributed by atoms with van der Waals surface area (Å²) in [6, 6.07) is 0. The Labute approximate surface area is 131 Å². The summed E-state index contributed by atoms with van der Waals surface area (Å²) in [6.07, 6.45) is 0.399. The SMILES string of the molecule is CC[C@]12CN3C[C@@H]1[C@@H](C[C@H](C(=O)OC(C)C)S3(=O)=O)ON2C. The van der Waals surface area contributed by atoms with E-state index in [0.29, 0.717) is 13.1 Å². The first-order chi connectivity index (χ1) is 10.2. The van der Waals surface area contributed by atoms with Crippen LogP contribution in [-0.2, 0) is 24.4 Å². The predicted molar refractivity (Wildman–Crippen MR) is 79.3 cm³/mol. The first-order valence-corrected chi connectivity index (χ1v) is 9.32. The van der Waals surface area contributed by atoms with Gasteiger partial charge in [0.2, 0.25) is 10.0 Å². The molecule has 0 N–H and O–H groups in total. The largest absolute Gasteiger partial charge is 0.462 e. The van der Waals surface area contributed by atoms with E-state index in [0.717, 1.165) is 6.42 Å². The number of hydrogen-bond acceptors (Lipinski definition) is 6. The van der Waals surface area contributed by atoms with E-state index in [1.807, 2.05) is 12.1 Å². The van der Waals surface area contributed by atoms with Crippen LogP contribution < -0.4 is 0 Å². The van der Waals surface area contributed by atoms with Gasteiger partial charge in [-0.3, -0.25) is 9.63 Å². The summed E-state index contributed by atoms with van der Waals surface area (Å²) in [6.45, 7) is 6.30. The number of sulfonamides is 1. The summed E-state index contributed by atoms with van der Waals surface area (Å²) < 4.78 is 32.3. The van der Waals surface area contributed by atoms with Gasteiger partial charge in [-0.05, 0) is 20.3 Å². The molecule has 0 aromatic carbocycles. The topological polar surface area (TPSA) is 76.1 Å². The smallest absolute Gasteiger partial charge is 0.326 e. The number of nitrogens with zero attached hydrogens (tertiary/aromatic N) is 2. The van der Waals surface area contributed by atoms with Crippen LogP contribution in [0.3, 0.4) is 0 Å². The molecule has 0 aromatic heterocycles.